The molecule has 0 aliphatic rings. The summed E-state index contributed by atoms with van der Waals surface area (Å²) >= 11 is 1.82. The summed E-state index contributed by atoms with van der Waals surface area (Å²) in [6, 6.07) is 7.31. The molecular formula is C16H23NO3S. The molecule has 1 aromatic carbocycles. The lowest BCUT2D eigenvalue weighted by Gasteiger charge is -2.25. The Kier molecular flexibility index (Phi) is 6.75. The molecule has 21 heavy (non-hydrogen) atoms. The molecule has 0 saturated carbocycles. The third-order valence-corrected chi connectivity index (χ3v) is 4.25. The van der Waals surface area contributed by atoms with Gasteiger partial charge >= 0.3 is 5.97 Å². The van der Waals surface area contributed by atoms with Crippen molar-refractivity contribution in [2.24, 2.45) is 0 Å². The van der Waals surface area contributed by atoms with Crippen molar-refractivity contribution in [2.75, 3.05) is 5.75 Å². The minimum atomic E-state index is -1.22. The Hall–Kier alpha value is -1.49. The fourth-order valence-corrected chi connectivity index (χ4v) is 2.65. The van der Waals surface area contributed by atoms with E-state index < -0.39 is 11.5 Å². The van der Waals surface area contributed by atoms with Gasteiger partial charge in [-0.15, -0.1) is 0 Å². The molecule has 0 saturated heterocycles. The van der Waals surface area contributed by atoms with E-state index >= 15 is 0 Å². The molecule has 1 amide bonds. The van der Waals surface area contributed by atoms with Gasteiger partial charge in [0.2, 0.25) is 0 Å². The van der Waals surface area contributed by atoms with Crippen molar-refractivity contribution in [3.63, 3.8) is 0 Å². The predicted octanol–water partition coefficient (Wildman–Crippen LogP) is 3.31. The van der Waals surface area contributed by atoms with E-state index in [4.69, 9.17) is 0 Å². The van der Waals surface area contributed by atoms with Gasteiger partial charge in [0, 0.05) is 11.3 Å². The lowest BCUT2D eigenvalue weighted by molar-refractivity contribution is -0.144. The van der Waals surface area contributed by atoms with Gasteiger partial charge < -0.3 is 10.4 Å². The molecule has 116 valence electrons. The number of aliphatic carboxylic acids is 1. The molecule has 0 aliphatic carbocycles. The Morgan fingerprint density at radius 2 is 1.86 bits per heavy atom. The van der Waals surface area contributed by atoms with Crippen LogP contribution in [0.3, 0.4) is 0 Å². The van der Waals surface area contributed by atoms with Crippen LogP contribution in [0.2, 0.25) is 0 Å². The van der Waals surface area contributed by atoms with Gasteiger partial charge in [0.25, 0.3) is 5.91 Å². The molecular weight excluding hydrogens is 286 g/mol. The number of amides is 1. The normalized spacial score (nSPS) is 13.5. The summed E-state index contributed by atoms with van der Waals surface area (Å²) in [7, 11) is 0. The standard InChI is InChI=1S/C16H23NO3S/c1-4-10-16(3,15(19)20)17-14(18)13-8-6-12(7-9-13)11-21-5-2/h6-9H,4-5,10-11H2,1-3H3,(H,17,18)(H,19,20). The Bertz CT molecular complexity index is 487. The lowest BCUT2D eigenvalue weighted by Crippen LogP contribution is -2.52. The fraction of sp³-hybridized carbons (Fsp3) is 0.500. The van der Waals surface area contributed by atoms with E-state index in [9.17, 15) is 14.7 Å². The van der Waals surface area contributed by atoms with Crippen LogP contribution in [0.5, 0.6) is 0 Å². The molecule has 1 unspecified atom stereocenters. The van der Waals surface area contributed by atoms with Crippen molar-refractivity contribution < 1.29 is 14.7 Å². The van der Waals surface area contributed by atoms with Crippen LogP contribution in [-0.2, 0) is 10.5 Å². The molecule has 0 heterocycles. The zero-order chi connectivity index (χ0) is 15.9. The molecule has 1 atom stereocenters. The van der Waals surface area contributed by atoms with Gasteiger partial charge in [-0.3, -0.25) is 4.79 Å². The fourth-order valence-electron chi connectivity index (χ4n) is 2.02. The smallest absolute Gasteiger partial charge is 0.329 e. The van der Waals surface area contributed by atoms with Crippen LogP contribution in [0.25, 0.3) is 0 Å². The van der Waals surface area contributed by atoms with Crippen molar-refractivity contribution in [1.82, 2.24) is 5.32 Å². The van der Waals surface area contributed by atoms with Crippen LogP contribution in [-0.4, -0.2) is 28.3 Å². The maximum Gasteiger partial charge on any atom is 0.329 e. The number of thioether (sulfide) groups is 1. The van der Waals surface area contributed by atoms with Crippen LogP contribution < -0.4 is 5.32 Å². The molecule has 4 nitrogen and oxygen atoms in total. The Morgan fingerprint density at radius 3 is 2.33 bits per heavy atom. The first-order chi connectivity index (χ1) is 9.92. The monoisotopic (exact) mass is 309 g/mol. The first-order valence-electron chi connectivity index (χ1n) is 7.15. The topological polar surface area (TPSA) is 66.4 Å². The average Bonchev–Trinajstić information content (AvgIpc) is 2.45. The minimum Gasteiger partial charge on any atom is -0.480 e. The number of hydrogen-bond donors (Lipinski definition) is 2. The van der Waals surface area contributed by atoms with Gasteiger partial charge in [-0.2, -0.15) is 11.8 Å². The number of carbonyl (C=O) groups excluding carboxylic acids is 1. The highest BCUT2D eigenvalue weighted by Gasteiger charge is 2.33. The number of carbonyl (C=O) groups is 2. The Morgan fingerprint density at radius 1 is 1.24 bits per heavy atom. The summed E-state index contributed by atoms with van der Waals surface area (Å²) in [6.45, 7) is 5.55. The number of carboxylic acid groups (broad SMARTS) is 1. The molecule has 0 radical (unpaired) electrons. The van der Waals surface area contributed by atoms with E-state index in [1.807, 2.05) is 30.8 Å². The maximum atomic E-state index is 12.2. The second-order valence-electron chi connectivity index (χ2n) is 5.18. The average molecular weight is 309 g/mol. The van der Waals surface area contributed by atoms with E-state index in [0.29, 0.717) is 18.4 Å². The Labute approximate surface area is 130 Å². The van der Waals surface area contributed by atoms with Crippen molar-refractivity contribution in [3.8, 4) is 0 Å². The summed E-state index contributed by atoms with van der Waals surface area (Å²) in [5.41, 5.74) is 0.430. The second kappa shape index (κ2) is 8.08. The van der Waals surface area contributed by atoms with Gasteiger partial charge in [-0.05, 0) is 36.8 Å². The van der Waals surface area contributed by atoms with Crippen molar-refractivity contribution in [3.05, 3.63) is 35.4 Å². The van der Waals surface area contributed by atoms with E-state index in [0.717, 1.165) is 17.1 Å². The molecule has 0 aliphatic heterocycles. The molecule has 0 spiro atoms. The molecule has 2 N–H and O–H groups in total. The van der Waals surface area contributed by atoms with Gasteiger partial charge in [0.15, 0.2) is 0 Å². The van der Waals surface area contributed by atoms with Crippen LogP contribution in [0, 0.1) is 0 Å². The third-order valence-electron chi connectivity index (χ3n) is 3.30. The van der Waals surface area contributed by atoms with Crippen LogP contribution in [0.15, 0.2) is 24.3 Å². The molecule has 0 aromatic heterocycles. The first-order valence-corrected chi connectivity index (χ1v) is 8.31. The maximum absolute atomic E-state index is 12.2. The van der Waals surface area contributed by atoms with E-state index in [1.54, 1.807) is 19.1 Å². The lowest BCUT2D eigenvalue weighted by atomic mass is 9.95. The highest BCUT2D eigenvalue weighted by molar-refractivity contribution is 7.98. The summed E-state index contributed by atoms with van der Waals surface area (Å²) in [4.78, 5) is 23.5. The van der Waals surface area contributed by atoms with E-state index in [1.165, 1.54) is 0 Å². The third kappa shape index (κ3) is 5.08. The quantitative estimate of drug-likeness (QED) is 0.773. The summed E-state index contributed by atoms with van der Waals surface area (Å²) in [6.07, 6.45) is 1.09. The van der Waals surface area contributed by atoms with E-state index in [2.05, 4.69) is 12.2 Å². The molecule has 1 aromatic rings. The molecule has 0 bridgehead atoms. The largest absolute Gasteiger partial charge is 0.480 e. The molecule has 1 rings (SSSR count). The highest BCUT2D eigenvalue weighted by atomic mass is 32.2. The van der Waals surface area contributed by atoms with Crippen LogP contribution in [0.4, 0.5) is 0 Å². The zero-order valence-corrected chi connectivity index (χ0v) is 13.6. The van der Waals surface area contributed by atoms with Crippen molar-refractivity contribution >= 4 is 23.6 Å². The number of carboxylic acids is 1. The van der Waals surface area contributed by atoms with Crippen molar-refractivity contribution in [1.29, 1.82) is 0 Å². The molecule has 5 heteroatoms. The van der Waals surface area contributed by atoms with Crippen LogP contribution >= 0.6 is 11.8 Å². The predicted molar refractivity (Wildman–Crippen MR) is 86.7 cm³/mol. The van der Waals surface area contributed by atoms with Gasteiger partial charge in [0.1, 0.15) is 5.54 Å². The number of nitrogens with one attached hydrogen (secondary N) is 1. The van der Waals surface area contributed by atoms with Crippen LogP contribution in [0.1, 0.15) is 49.5 Å². The summed E-state index contributed by atoms with van der Waals surface area (Å²) < 4.78 is 0. The SMILES string of the molecule is CCCC(C)(NC(=O)c1ccc(CSCC)cc1)C(=O)O. The van der Waals surface area contributed by atoms with E-state index in [-0.39, 0.29) is 5.91 Å². The summed E-state index contributed by atoms with van der Waals surface area (Å²) in [5.74, 6) is 0.619. The Balaban J connectivity index is 2.76. The second-order valence-corrected chi connectivity index (χ2v) is 6.45. The van der Waals surface area contributed by atoms with Gasteiger partial charge in [-0.25, -0.2) is 4.79 Å². The van der Waals surface area contributed by atoms with Crippen molar-refractivity contribution in [2.45, 2.75) is 44.9 Å². The number of hydrogen-bond acceptors (Lipinski definition) is 3. The highest BCUT2D eigenvalue weighted by Crippen LogP contribution is 2.16. The van der Waals surface area contributed by atoms with Gasteiger partial charge in [-0.1, -0.05) is 32.4 Å². The number of benzene rings is 1. The van der Waals surface area contributed by atoms with Gasteiger partial charge in [0.05, 0.1) is 0 Å². The molecule has 0 fully saturated rings. The number of rotatable bonds is 8. The first kappa shape index (κ1) is 17.6. The minimum absolute atomic E-state index is 0.344. The zero-order valence-electron chi connectivity index (χ0n) is 12.8. The summed E-state index contributed by atoms with van der Waals surface area (Å²) in [5, 5.41) is 11.9.